The highest BCUT2D eigenvalue weighted by atomic mass is 16.5. The number of carbonyl (C=O) groups is 2. The number of hydrogen-bond donors (Lipinski definition) is 2. The zero-order valence-electron chi connectivity index (χ0n) is 10.7. The van der Waals surface area contributed by atoms with Crippen molar-refractivity contribution in [2.45, 2.75) is 31.9 Å². The predicted molar refractivity (Wildman–Crippen MR) is 70.1 cm³/mol. The van der Waals surface area contributed by atoms with Crippen LogP contribution in [0.15, 0.2) is 18.2 Å². The molecule has 2 unspecified atom stereocenters. The Balaban J connectivity index is 1.74. The van der Waals surface area contributed by atoms with Crippen LogP contribution in [-0.2, 0) is 16.0 Å². The maximum absolute atomic E-state index is 12.2. The number of carbonyl (C=O) groups excluding carboxylic acids is 2. The van der Waals surface area contributed by atoms with Crippen LogP contribution in [0.4, 0.5) is 5.69 Å². The Bertz CT molecular complexity index is 541. The molecule has 0 saturated carbocycles. The molecule has 19 heavy (non-hydrogen) atoms. The number of fused-ring (bicyclic) bond motifs is 1. The Hall–Kier alpha value is -1.88. The number of nitrogens with one attached hydrogen (secondary N) is 2. The first kappa shape index (κ1) is 12.2. The summed E-state index contributed by atoms with van der Waals surface area (Å²) in [6, 6.07) is 5.37. The van der Waals surface area contributed by atoms with Gasteiger partial charge in [0.2, 0.25) is 5.91 Å². The number of ether oxygens (including phenoxy) is 1. The van der Waals surface area contributed by atoms with Gasteiger partial charge in [0.15, 0.2) is 0 Å². The molecular formula is C14H16N2O3. The van der Waals surface area contributed by atoms with E-state index in [9.17, 15) is 9.59 Å². The van der Waals surface area contributed by atoms with Crippen molar-refractivity contribution in [2.75, 3.05) is 11.9 Å². The van der Waals surface area contributed by atoms with Gasteiger partial charge < -0.3 is 15.4 Å². The van der Waals surface area contributed by atoms with Gasteiger partial charge >= 0.3 is 0 Å². The standard InChI is InChI=1S/C14H16N2O3/c1-8-11(4-5-19-8)16-14(18)9-2-3-12-10(6-9)7-13(17)15-12/h2-3,6,8,11H,4-5,7H2,1H3,(H,15,17)(H,16,18). The largest absolute Gasteiger partial charge is 0.376 e. The zero-order valence-corrected chi connectivity index (χ0v) is 10.7. The lowest BCUT2D eigenvalue weighted by molar-refractivity contribution is -0.115. The van der Waals surface area contributed by atoms with Crippen LogP contribution in [-0.4, -0.2) is 30.6 Å². The van der Waals surface area contributed by atoms with Crippen molar-refractivity contribution < 1.29 is 14.3 Å². The third-order valence-electron chi connectivity index (χ3n) is 3.69. The molecule has 1 fully saturated rings. The van der Waals surface area contributed by atoms with E-state index >= 15 is 0 Å². The molecule has 2 heterocycles. The van der Waals surface area contributed by atoms with Crippen LogP contribution in [0.5, 0.6) is 0 Å². The van der Waals surface area contributed by atoms with Gasteiger partial charge in [-0.05, 0) is 37.1 Å². The quantitative estimate of drug-likeness (QED) is 0.836. The Morgan fingerprint density at radius 1 is 1.47 bits per heavy atom. The Morgan fingerprint density at radius 3 is 3.05 bits per heavy atom. The van der Waals surface area contributed by atoms with Crippen molar-refractivity contribution >= 4 is 17.5 Å². The van der Waals surface area contributed by atoms with E-state index < -0.39 is 0 Å². The molecule has 2 atom stereocenters. The van der Waals surface area contributed by atoms with Gasteiger partial charge in [0, 0.05) is 17.9 Å². The highest BCUT2D eigenvalue weighted by molar-refractivity contribution is 6.01. The van der Waals surface area contributed by atoms with Gasteiger partial charge in [0.25, 0.3) is 5.91 Å². The second-order valence-corrected chi connectivity index (χ2v) is 5.04. The summed E-state index contributed by atoms with van der Waals surface area (Å²) in [5.74, 6) is -0.130. The molecule has 0 aliphatic carbocycles. The molecule has 2 aliphatic rings. The van der Waals surface area contributed by atoms with Crippen molar-refractivity contribution in [3.63, 3.8) is 0 Å². The number of benzene rings is 1. The lowest BCUT2D eigenvalue weighted by Gasteiger charge is -2.16. The Kier molecular flexibility index (Phi) is 2.98. The lowest BCUT2D eigenvalue weighted by atomic mass is 10.1. The fraction of sp³-hybridized carbons (Fsp3) is 0.429. The second kappa shape index (κ2) is 4.66. The SMILES string of the molecule is CC1OCCC1NC(=O)c1ccc2c(c1)CC(=O)N2. The molecule has 1 aromatic carbocycles. The van der Waals surface area contributed by atoms with Gasteiger partial charge in [0.05, 0.1) is 18.6 Å². The molecule has 5 nitrogen and oxygen atoms in total. The van der Waals surface area contributed by atoms with Crippen molar-refractivity contribution in [1.29, 1.82) is 0 Å². The van der Waals surface area contributed by atoms with Crippen LogP contribution >= 0.6 is 0 Å². The molecule has 1 saturated heterocycles. The monoisotopic (exact) mass is 260 g/mol. The smallest absolute Gasteiger partial charge is 0.251 e. The molecule has 0 radical (unpaired) electrons. The topological polar surface area (TPSA) is 67.4 Å². The summed E-state index contributed by atoms with van der Waals surface area (Å²) >= 11 is 0. The summed E-state index contributed by atoms with van der Waals surface area (Å²) in [5.41, 5.74) is 2.28. The van der Waals surface area contributed by atoms with Crippen molar-refractivity contribution in [1.82, 2.24) is 5.32 Å². The fourth-order valence-corrected chi connectivity index (χ4v) is 2.54. The average molecular weight is 260 g/mol. The first-order chi connectivity index (χ1) is 9.13. The summed E-state index contributed by atoms with van der Waals surface area (Å²) in [5, 5.41) is 5.73. The molecule has 2 amide bonds. The molecular weight excluding hydrogens is 244 g/mol. The normalized spacial score (nSPS) is 25.0. The summed E-state index contributed by atoms with van der Waals surface area (Å²) in [7, 11) is 0. The molecule has 3 rings (SSSR count). The van der Waals surface area contributed by atoms with Gasteiger partial charge in [-0.3, -0.25) is 9.59 Å². The molecule has 2 aliphatic heterocycles. The molecule has 2 N–H and O–H groups in total. The maximum Gasteiger partial charge on any atom is 0.251 e. The van der Waals surface area contributed by atoms with Crippen LogP contribution in [0.25, 0.3) is 0 Å². The summed E-state index contributed by atoms with van der Waals surface area (Å²) in [6.45, 7) is 2.65. The van der Waals surface area contributed by atoms with E-state index in [0.717, 1.165) is 17.7 Å². The molecule has 0 spiro atoms. The highest BCUT2D eigenvalue weighted by Gasteiger charge is 2.26. The maximum atomic E-state index is 12.2. The van der Waals surface area contributed by atoms with Crippen molar-refractivity contribution in [3.8, 4) is 0 Å². The van der Waals surface area contributed by atoms with Crippen LogP contribution in [0.1, 0.15) is 29.3 Å². The fourth-order valence-electron chi connectivity index (χ4n) is 2.54. The molecule has 100 valence electrons. The predicted octanol–water partition coefficient (Wildman–Crippen LogP) is 1.09. The summed E-state index contributed by atoms with van der Waals surface area (Å²) in [4.78, 5) is 23.4. The third-order valence-corrected chi connectivity index (χ3v) is 3.69. The Morgan fingerprint density at radius 2 is 2.32 bits per heavy atom. The third kappa shape index (κ3) is 2.33. The van der Waals surface area contributed by atoms with Crippen LogP contribution in [0, 0.1) is 0 Å². The van der Waals surface area contributed by atoms with E-state index in [-0.39, 0.29) is 24.0 Å². The first-order valence-electron chi connectivity index (χ1n) is 6.49. The minimum Gasteiger partial charge on any atom is -0.376 e. The molecule has 5 heteroatoms. The van der Waals surface area contributed by atoms with Gasteiger partial charge in [-0.15, -0.1) is 0 Å². The minimum atomic E-state index is -0.107. The minimum absolute atomic E-state index is 0.0228. The van der Waals surface area contributed by atoms with E-state index in [1.165, 1.54) is 0 Å². The van der Waals surface area contributed by atoms with E-state index in [2.05, 4.69) is 10.6 Å². The second-order valence-electron chi connectivity index (χ2n) is 5.04. The summed E-state index contributed by atoms with van der Waals surface area (Å²) in [6.07, 6.45) is 1.25. The number of amides is 2. The van der Waals surface area contributed by atoms with Gasteiger partial charge in [-0.25, -0.2) is 0 Å². The lowest BCUT2D eigenvalue weighted by Crippen LogP contribution is -2.39. The number of anilines is 1. The van der Waals surface area contributed by atoms with E-state index in [1.54, 1.807) is 18.2 Å². The van der Waals surface area contributed by atoms with Crippen molar-refractivity contribution in [2.24, 2.45) is 0 Å². The van der Waals surface area contributed by atoms with E-state index in [4.69, 9.17) is 4.74 Å². The molecule has 0 aromatic heterocycles. The number of hydrogen-bond acceptors (Lipinski definition) is 3. The molecule has 1 aromatic rings. The number of rotatable bonds is 2. The average Bonchev–Trinajstić information content (AvgIpc) is 2.93. The Labute approximate surface area is 111 Å². The van der Waals surface area contributed by atoms with Crippen LogP contribution in [0.2, 0.25) is 0 Å². The van der Waals surface area contributed by atoms with Gasteiger partial charge in [0.1, 0.15) is 0 Å². The highest BCUT2D eigenvalue weighted by Crippen LogP contribution is 2.24. The van der Waals surface area contributed by atoms with Gasteiger partial charge in [-0.2, -0.15) is 0 Å². The van der Waals surface area contributed by atoms with E-state index in [1.807, 2.05) is 6.92 Å². The summed E-state index contributed by atoms with van der Waals surface area (Å²) < 4.78 is 5.42. The molecule has 0 bridgehead atoms. The van der Waals surface area contributed by atoms with Crippen LogP contribution < -0.4 is 10.6 Å². The van der Waals surface area contributed by atoms with E-state index in [0.29, 0.717) is 18.6 Å². The zero-order chi connectivity index (χ0) is 13.4. The first-order valence-corrected chi connectivity index (χ1v) is 6.49. The van der Waals surface area contributed by atoms with Crippen molar-refractivity contribution in [3.05, 3.63) is 29.3 Å². The van der Waals surface area contributed by atoms with Crippen LogP contribution in [0.3, 0.4) is 0 Å². The van der Waals surface area contributed by atoms with Gasteiger partial charge in [-0.1, -0.05) is 0 Å².